The zero-order valence-corrected chi connectivity index (χ0v) is 13.7. The van der Waals surface area contributed by atoms with Crippen molar-refractivity contribution in [2.75, 3.05) is 25.1 Å². The van der Waals surface area contributed by atoms with E-state index in [2.05, 4.69) is 19.9 Å². The van der Waals surface area contributed by atoms with E-state index < -0.39 is 0 Å². The Hall–Kier alpha value is -3.22. The van der Waals surface area contributed by atoms with Crippen molar-refractivity contribution in [2.45, 2.75) is 6.10 Å². The largest absolute Gasteiger partial charge is 0.486 e. The van der Waals surface area contributed by atoms with Crippen LogP contribution in [-0.2, 0) is 0 Å². The molecule has 1 unspecified atom stereocenters. The number of likely N-dealkylation sites (N-methyl/N-ethyl adjacent to an activating group) is 1. The lowest BCUT2D eigenvalue weighted by Crippen LogP contribution is -2.39. The molecule has 3 heterocycles. The molecule has 3 aromatic rings. The monoisotopic (exact) mass is 335 g/mol. The van der Waals surface area contributed by atoms with Crippen molar-refractivity contribution >= 4 is 5.82 Å². The third kappa shape index (κ3) is 3.35. The van der Waals surface area contributed by atoms with Gasteiger partial charge in [-0.2, -0.15) is 0 Å². The highest BCUT2D eigenvalue weighted by molar-refractivity contribution is 5.54. The average molecular weight is 335 g/mol. The van der Waals surface area contributed by atoms with Crippen molar-refractivity contribution in [3.05, 3.63) is 55.1 Å². The normalized spacial score (nSPS) is 15.6. The first-order valence-electron chi connectivity index (χ1n) is 7.98. The lowest BCUT2D eigenvalue weighted by molar-refractivity contribution is 0.0959. The minimum Gasteiger partial charge on any atom is -0.486 e. The minimum atomic E-state index is -0.0775. The van der Waals surface area contributed by atoms with Crippen LogP contribution in [0, 0.1) is 0 Å². The van der Waals surface area contributed by atoms with E-state index in [1.165, 1.54) is 6.33 Å². The third-order valence-corrected chi connectivity index (χ3v) is 3.88. The van der Waals surface area contributed by atoms with E-state index in [4.69, 9.17) is 9.47 Å². The van der Waals surface area contributed by atoms with Crippen molar-refractivity contribution in [1.82, 2.24) is 19.9 Å². The molecule has 0 spiro atoms. The lowest BCUT2D eigenvalue weighted by Gasteiger charge is -2.30. The number of hydrogen-bond acceptors (Lipinski definition) is 7. The van der Waals surface area contributed by atoms with Gasteiger partial charge in [0, 0.05) is 25.5 Å². The molecule has 0 saturated heterocycles. The van der Waals surface area contributed by atoms with Crippen LogP contribution in [0.15, 0.2) is 55.1 Å². The zero-order valence-electron chi connectivity index (χ0n) is 13.7. The molecule has 0 amide bonds. The summed E-state index contributed by atoms with van der Waals surface area (Å²) in [6.45, 7) is 1.14. The Labute approximate surface area is 145 Å². The first kappa shape index (κ1) is 15.3. The van der Waals surface area contributed by atoms with Crippen LogP contribution in [0.25, 0.3) is 11.5 Å². The first-order chi connectivity index (χ1) is 12.3. The second kappa shape index (κ2) is 6.72. The lowest BCUT2D eigenvalue weighted by atomic mass is 10.2. The fraction of sp³-hybridized carbons (Fsp3) is 0.222. The number of hydrogen-bond donors (Lipinski definition) is 0. The Kier molecular flexibility index (Phi) is 4.12. The molecular weight excluding hydrogens is 318 g/mol. The van der Waals surface area contributed by atoms with E-state index in [0.717, 1.165) is 17.3 Å². The second-order valence-electron chi connectivity index (χ2n) is 5.71. The molecule has 1 aliphatic heterocycles. The van der Waals surface area contributed by atoms with Gasteiger partial charge in [-0.3, -0.25) is 0 Å². The Morgan fingerprint density at radius 3 is 2.68 bits per heavy atom. The zero-order chi connectivity index (χ0) is 17.1. The van der Waals surface area contributed by atoms with E-state index in [0.29, 0.717) is 24.7 Å². The van der Waals surface area contributed by atoms with Crippen molar-refractivity contribution in [3.63, 3.8) is 0 Å². The number of aromatic nitrogens is 4. The van der Waals surface area contributed by atoms with Crippen LogP contribution < -0.4 is 14.4 Å². The molecule has 0 radical (unpaired) electrons. The molecule has 1 atom stereocenters. The highest BCUT2D eigenvalue weighted by Gasteiger charge is 2.22. The van der Waals surface area contributed by atoms with Crippen LogP contribution in [0.3, 0.4) is 0 Å². The van der Waals surface area contributed by atoms with E-state index in [-0.39, 0.29) is 6.10 Å². The minimum absolute atomic E-state index is 0.0775. The standard InChI is InChI=1S/C18H17N5O2/c1-23(10-13-11-24-15-5-2-3-6-16(15)25-13)17-9-14(21-12-22-17)18-19-7-4-8-20-18/h2-9,12-13H,10-11H2,1H3. The highest BCUT2D eigenvalue weighted by atomic mass is 16.6. The molecule has 1 aromatic carbocycles. The van der Waals surface area contributed by atoms with Gasteiger partial charge >= 0.3 is 0 Å². The fourth-order valence-electron chi connectivity index (χ4n) is 2.66. The van der Waals surface area contributed by atoms with Gasteiger partial charge in [0.1, 0.15) is 24.4 Å². The molecule has 0 aliphatic carbocycles. The van der Waals surface area contributed by atoms with Gasteiger partial charge in [-0.15, -0.1) is 0 Å². The maximum atomic E-state index is 6.00. The van der Waals surface area contributed by atoms with Gasteiger partial charge in [0.15, 0.2) is 23.4 Å². The maximum absolute atomic E-state index is 6.00. The second-order valence-corrected chi connectivity index (χ2v) is 5.71. The Morgan fingerprint density at radius 2 is 1.84 bits per heavy atom. The predicted molar refractivity (Wildman–Crippen MR) is 92.7 cm³/mol. The smallest absolute Gasteiger partial charge is 0.178 e. The maximum Gasteiger partial charge on any atom is 0.178 e. The van der Waals surface area contributed by atoms with Crippen molar-refractivity contribution < 1.29 is 9.47 Å². The molecule has 2 aromatic heterocycles. The summed E-state index contributed by atoms with van der Waals surface area (Å²) in [4.78, 5) is 19.0. The van der Waals surface area contributed by atoms with Crippen molar-refractivity contribution in [3.8, 4) is 23.0 Å². The van der Waals surface area contributed by atoms with Crippen LogP contribution in [-0.4, -0.2) is 46.2 Å². The topological polar surface area (TPSA) is 73.3 Å². The van der Waals surface area contributed by atoms with Crippen LogP contribution in [0.5, 0.6) is 11.5 Å². The molecule has 0 N–H and O–H groups in total. The van der Waals surface area contributed by atoms with Crippen molar-refractivity contribution in [1.29, 1.82) is 0 Å². The Morgan fingerprint density at radius 1 is 1.04 bits per heavy atom. The number of fused-ring (bicyclic) bond motifs is 1. The Balaban J connectivity index is 1.48. The summed E-state index contributed by atoms with van der Waals surface area (Å²) >= 11 is 0. The summed E-state index contributed by atoms with van der Waals surface area (Å²) in [6.07, 6.45) is 4.83. The van der Waals surface area contributed by atoms with Crippen molar-refractivity contribution in [2.24, 2.45) is 0 Å². The summed E-state index contributed by atoms with van der Waals surface area (Å²) in [5.41, 5.74) is 0.684. The van der Waals surface area contributed by atoms with Gasteiger partial charge in [-0.1, -0.05) is 12.1 Å². The summed E-state index contributed by atoms with van der Waals surface area (Å²) < 4.78 is 11.8. The average Bonchev–Trinajstić information content (AvgIpc) is 2.69. The molecule has 4 rings (SSSR count). The summed E-state index contributed by atoms with van der Waals surface area (Å²) in [7, 11) is 1.96. The van der Waals surface area contributed by atoms with Gasteiger partial charge in [0.05, 0.1) is 6.54 Å². The number of ether oxygens (including phenoxy) is 2. The summed E-state index contributed by atoms with van der Waals surface area (Å²) in [5.74, 6) is 2.91. The van der Waals surface area contributed by atoms with E-state index in [1.807, 2.05) is 42.3 Å². The summed E-state index contributed by atoms with van der Waals surface area (Å²) in [5, 5.41) is 0. The van der Waals surface area contributed by atoms with Crippen LogP contribution in [0.2, 0.25) is 0 Å². The first-order valence-corrected chi connectivity index (χ1v) is 7.98. The molecule has 7 heteroatoms. The van der Waals surface area contributed by atoms with Gasteiger partial charge in [-0.25, -0.2) is 19.9 Å². The van der Waals surface area contributed by atoms with E-state index >= 15 is 0 Å². The SMILES string of the molecule is CN(CC1COc2ccccc2O1)c1cc(-c2ncccn2)ncn1. The highest BCUT2D eigenvalue weighted by Crippen LogP contribution is 2.31. The van der Waals surface area contributed by atoms with Gasteiger partial charge in [0.2, 0.25) is 0 Å². The molecule has 0 fully saturated rings. The predicted octanol–water partition coefficient (Wildman–Crippen LogP) is 2.21. The van der Waals surface area contributed by atoms with Gasteiger partial charge in [-0.05, 0) is 18.2 Å². The number of rotatable bonds is 4. The number of anilines is 1. The van der Waals surface area contributed by atoms with E-state index in [1.54, 1.807) is 18.5 Å². The Bertz CT molecular complexity index is 859. The molecule has 126 valence electrons. The van der Waals surface area contributed by atoms with Crippen LogP contribution >= 0.6 is 0 Å². The molecule has 0 bridgehead atoms. The van der Waals surface area contributed by atoms with Crippen LogP contribution in [0.4, 0.5) is 5.82 Å². The number of benzene rings is 1. The number of para-hydroxylation sites is 2. The fourth-order valence-corrected chi connectivity index (χ4v) is 2.66. The van der Waals surface area contributed by atoms with Gasteiger partial charge in [0.25, 0.3) is 0 Å². The molecule has 0 saturated carbocycles. The molecule has 25 heavy (non-hydrogen) atoms. The quantitative estimate of drug-likeness (QED) is 0.723. The molecule has 7 nitrogen and oxygen atoms in total. The van der Waals surface area contributed by atoms with Crippen LogP contribution in [0.1, 0.15) is 0 Å². The molecule has 1 aliphatic rings. The summed E-state index contributed by atoms with van der Waals surface area (Å²) in [6, 6.07) is 11.3. The van der Waals surface area contributed by atoms with Gasteiger partial charge < -0.3 is 14.4 Å². The number of nitrogens with zero attached hydrogens (tertiary/aromatic N) is 5. The third-order valence-electron chi connectivity index (χ3n) is 3.88. The molecular formula is C18H17N5O2. The van der Waals surface area contributed by atoms with E-state index in [9.17, 15) is 0 Å².